The zero-order valence-corrected chi connectivity index (χ0v) is 17.2. The summed E-state index contributed by atoms with van der Waals surface area (Å²) in [6.07, 6.45) is 12.2. The minimum absolute atomic E-state index is 0. The summed E-state index contributed by atoms with van der Waals surface area (Å²) in [7, 11) is 0. The van der Waals surface area contributed by atoms with Crippen molar-refractivity contribution in [3.63, 3.8) is 0 Å². The maximum Gasteiger partial charge on any atom is 0.225 e. The van der Waals surface area contributed by atoms with E-state index in [1.54, 1.807) is 0 Å². The second-order valence-electron chi connectivity index (χ2n) is 9.31. The number of likely N-dealkylation sites (tertiary alicyclic amines) is 1. The fourth-order valence-electron chi connectivity index (χ4n) is 6.01. The van der Waals surface area contributed by atoms with E-state index in [1.807, 2.05) is 4.90 Å². The zero-order valence-electron chi connectivity index (χ0n) is 16.4. The lowest BCUT2D eigenvalue weighted by atomic mass is 9.65. The molecule has 0 aromatic carbocycles. The van der Waals surface area contributed by atoms with E-state index >= 15 is 0 Å². The van der Waals surface area contributed by atoms with E-state index in [9.17, 15) is 9.59 Å². The lowest BCUT2D eigenvalue weighted by Crippen LogP contribution is -2.50. The van der Waals surface area contributed by atoms with Gasteiger partial charge in [0.2, 0.25) is 11.8 Å². The van der Waals surface area contributed by atoms with Gasteiger partial charge in [-0.1, -0.05) is 25.7 Å². The first-order valence-corrected chi connectivity index (χ1v) is 11.0. The quantitative estimate of drug-likeness (QED) is 0.768. The Morgan fingerprint density at radius 1 is 0.852 bits per heavy atom. The van der Waals surface area contributed by atoms with Crippen molar-refractivity contribution in [3.05, 3.63) is 0 Å². The molecule has 6 heteroatoms. The lowest BCUT2D eigenvalue weighted by Gasteiger charge is -2.43. The molecule has 1 aliphatic heterocycles. The van der Waals surface area contributed by atoms with Crippen LogP contribution in [-0.4, -0.2) is 41.9 Å². The molecule has 2 bridgehead atoms. The van der Waals surface area contributed by atoms with E-state index in [0.717, 1.165) is 38.6 Å². The highest BCUT2D eigenvalue weighted by molar-refractivity contribution is 5.85. The van der Waals surface area contributed by atoms with Crippen LogP contribution < -0.4 is 11.1 Å². The second kappa shape index (κ2) is 9.13. The van der Waals surface area contributed by atoms with Gasteiger partial charge in [-0.05, 0) is 56.8 Å². The zero-order chi connectivity index (χ0) is 18.1. The molecule has 1 heterocycles. The molecule has 154 valence electrons. The Morgan fingerprint density at radius 2 is 1.52 bits per heavy atom. The van der Waals surface area contributed by atoms with Crippen molar-refractivity contribution in [2.75, 3.05) is 13.1 Å². The van der Waals surface area contributed by atoms with Crippen LogP contribution in [0.3, 0.4) is 0 Å². The Kier molecular flexibility index (Phi) is 7.07. The standard InChI is InChI=1S/C21H35N3O2.ClH/c22-19-15-7-4-8-16(19)12-17(11-15)20(25)23-18-9-10-24(13-18)21(26)14-5-2-1-3-6-14;/h14-19H,1-13,22H2,(H,23,25);1H. The van der Waals surface area contributed by atoms with Crippen molar-refractivity contribution < 1.29 is 9.59 Å². The number of carbonyl (C=O) groups excluding carboxylic acids is 2. The van der Waals surface area contributed by atoms with Crippen molar-refractivity contribution in [2.24, 2.45) is 29.4 Å². The molecule has 4 rings (SSSR count). The minimum atomic E-state index is 0. The average molecular weight is 398 g/mol. The largest absolute Gasteiger partial charge is 0.351 e. The molecule has 0 radical (unpaired) electrons. The summed E-state index contributed by atoms with van der Waals surface area (Å²) in [5.41, 5.74) is 6.36. The number of halogens is 1. The molecular weight excluding hydrogens is 362 g/mol. The van der Waals surface area contributed by atoms with Gasteiger partial charge in [-0.15, -0.1) is 12.4 Å². The third-order valence-electron chi connectivity index (χ3n) is 7.58. The normalized spacial score (nSPS) is 36.8. The van der Waals surface area contributed by atoms with Crippen molar-refractivity contribution in [1.29, 1.82) is 0 Å². The summed E-state index contributed by atoms with van der Waals surface area (Å²) in [6, 6.07) is 0.452. The number of rotatable bonds is 3. The summed E-state index contributed by atoms with van der Waals surface area (Å²) >= 11 is 0. The van der Waals surface area contributed by atoms with Crippen LogP contribution in [0.25, 0.3) is 0 Å². The SMILES string of the molecule is Cl.NC1C2CCCC1CC(C(=O)NC1CCN(C(=O)C3CCCCC3)C1)C2. The second-order valence-corrected chi connectivity index (χ2v) is 9.31. The van der Waals surface area contributed by atoms with E-state index in [1.165, 1.54) is 38.5 Å². The summed E-state index contributed by atoms with van der Waals surface area (Å²) < 4.78 is 0. The van der Waals surface area contributed by atoms with Gasteiger partial charge in [-0.25, -0.2) is 0 Å². The predicted molar refractivity (Wildman–Crippen MR) is 108 cm³/mol. The third kappa shape index (κ3) is 4.61. The topological polar surface area (TPSA) is 75.4 Å². The van der Waals surface area contributed by atoms with E-state index in [2.05, 4.69) is 5.32 Å². The van der Waals surface area contributed by atoms with Gasteiger partial charge in [0.15, 0.2) is 0 Å². The van der Waals surface area contributed by atoms with Crippen LogP contribution in [0.15, 0.2) is 0 Å². The fraction of sp³-hybridized carbons (Fsp3) is 0.905. The van der Waals surface area contributed by atoms with Crippen molar-refractivity contribution in [3.8, 4) is 0 Å². The highest BCUT2D eigenvalue weighted by Gasteiger charge is 2.41. The molecule has 27 heavy (non-hydrogen) atoms. The van der Waals surface area contributed by atoms with E-state index < -0.39 is 0 Å². The number of hydrogen-bond acceptors (Lipinski definition) is 3. The van der Waals surface area contributed by atoms with Gasteiger partial charge in [-0.3, -0.25) is 9.59 Å². The average Bonchev–Trinajstić information content (AvgIpc) is 3.10. The number of carbonyl (C=O) groups is 2. The monoisotopic (exact) mass is 397 g/mol. The lowest BCUT2D eigenvalue weighted by molar-refractivity contribution is -0.136. The Balaban J connectivity index is 0.00000210. The molecule has 3 saturated carbocycles. The van der Waals surface area contributed by atoms with Gasteiger partial charge < -0.3 is 16.0 Å². The Bertz CT molecular complexity index is 524. The first kappa shape index (κ1) is 20.9. The van der Waals surface area contributed by atoms with E-state index in [-0.39, 0.29) is 36.2 Å². The van der Waals surface area contributed by atoms with Gasteiger partial charge in [-0.2, -0.15) is 0 Å². The van der Waals surface area contributed by atoms with Gasteiger partial charge in [0.1, 0.15) is 0 Å². The summed E-state index contributed by atoms with van der Waals surface area (Å²) in [5, 5.41) is 3.27. The molecule has 0 spiro atoms. The molecule has 1 saturated heterocycles. The van der Waals surface area contributed by atoms with Gasteiger partial charge >= 0.3 is 0 Å². The van der Waals surface area contributed by atoms with Crippen LogP contribution in [0.2, 0.25) is 0 Å². The molecule has 4 aliphatic rings. The summed E-state index contributed by atoms with van der Waals surface area (Å²) in [4.78, 5) is 27.5. The Morgan fingerprint density at radius 3 is 2.19 bits per heavy atom. The summed E-state index contributed by atoms with van der Waals surface area (Å²) in [6.45, 7) is 1.52. The number of nitrogens with one attached hydrogen (secondary N) is 1. The van der Waals surface area contributed by atoms with Crippen molar-refractivity contribution >= 4 is 24.2 Å². The number of nitrogens with two attached hydrogens (primary N) is 1. The first-order chi connectivity index (χ1) is 12.6. The third-order valence-corrected chi connectivity index (χ3v) is 7.58. The molecule has 3 unspecified atom stereocenters. The fourth-order valence-corrected chi connectivity index (χ4v) is 6.01. The van der Waals surface area contributed by atoms with Gasteiger partial charge in [0.05, 0.1) is 0 Å². The minimum Gasteiger partial charge on any atom is -0.351 e. The van der Waals surface area contributed by atoms with Crippen LogP contribution in [0.5, 0.6) is 0 Å². The van der Waals surface area contributed by atoms with Crippen molar-refractivity contribution in [2.45, 2.75) is 82.7 Å². The van der Waals surface area contributed by atoms with Crippen LogP contribution in [0.1, 0.15) is 70.6 Å². The maximum atomic E-state index is 12.8. The van der Waals surface area contributed by atoms with Crippen molar-refractivity contribution in [1.82, 2.24) is 10.2 Å². The molecule has 3 aliphatic carbocycles. The van der Waals surface area contributed by atoms with Crippen LogP contribution >= 0.6 is 12.4 Å². The Labute approximate surface area is 169 Å². The number of nitrogens with zero attached hydrogens (tertiary/aromatic N) is 1. The highest BCUT2D eigenvalue weighted by Crippen LogP contribution is 2.42. The Hall–Kier alpha value is -0.810. The van der Waals surface area contributed by atoms with Crippen LogP contribution in [0, 0.1) is 23.7 Å². The number of hydrogen-bond donors (Lipinski definition) is 2. The molecule has 2 amide bonds. The molecule has 0 aromatic rings. The van der Waals surface area contributed by atoms with E-state index in [4.69, 9.17) is 5.73 Å². The first-order valence-electron chi connectivity index (χ1n) is 11.0. The van der Waals surface area contributed by atoms with E-state index in [0.29, 0.717) is 30.3 Å². The predicted octanol–water partition coefficient (Wildman–Crippen LogP) is 2.86. The summed E-state index contributed by atoms with van der Waals surface area (Å²) in [5.74, 6) is 1.98. The number of amides is 2. The molecule has 3 atom stereocenters. The molecule has 5 nitrogen and oxygen atoms in total. The molecule has 0 aromatic heterocycles. The maximum absolute atomic E-state index is 12.8. The molecule has 4 fully saturated rings. The van der Waals surface area contributed by atoms with Gasteiger partial charge in [0.25, 0.3) is 0 Å². The van der Waals surface area contributed by atoms with Gasteiger partial charge in [0, 0.05) is 37.0 Å². The highest BCUT2D eigenvalue weighted by atomic mass is 35.5. The van der Waals surface area contributed by atoms with Crippen LogP contribution in [-0.2, 0) is 9.59 Å². The molecule has 3 N–H and O–H groups in total. The smallest absolute Gasteiger partial charge is 0.225 e. The van der Waals surface area contributed by atoms with Crippen LogP contribution in [0.4, 0.5) is 0 Å². The molecular formula is C21H36ClN3O2. The number of fused-ring (bicyclic) bond motifs is 2.